The van der Waals surface area contributed by atoms with Gasteiger partial charge in [0.2, 0.25) is 0 Å². The molecule has 0 aliphatic carbocycles. The third-order valence-corrected chi connectivity index (χ3v) is 6.24. The maximum Gasteiger partial charge on any atom is 0.475 e. The van der Waals surface area contributed by atoms with Crippen LogP contribution in [0.4, 0.5) is 0 Å². The summed E-state index contributed by atoms with van der Waals surface area (Å²) in [6, 6.07) is 0. The Kier molecular flexibility index (Phi) is 7.46. The first-order valence-electron chi connectivity index (χ1n) is 5.53. The van der Waals surface area contributed by atoms with E-state index in [2.05, 4.69) is 16.4 Å². The molecule has 0 aromatic rings. The van der Waals surface area contributed by atoms with Gasteiger partial charge in [0.1, 0.15) is 23.7 Å². The molecule has 0 saturated carbocycles. The molecule has 1 aliphatic heterocycles. The van der Waals surface area contributed by atoms with E-state index in [1.165, 1.54) is 7.11 Å². The van der Waals surface area contributed by atoms with E-state index < -0.39 is 42.4 Å². The third kappa shape index (κ3) is 5.33. The van der Waals surface area contributed by atoms with Crippen LogP contribution in [0.3, 0.4) is 0 Å². The molecule has 1 aliphatic rings. The van der Waals surface area contributed by atoms with Crippen molar-refractivity contribution < 1.29 is 27.2 Å². The SMILES string of the molecule is C#CC[S+]([O-])CC1OP(=O)(OC)OC1C[S+]([O-])CC#C. The number of hydrogen-bond acceptors (Lipinski definition) is 6. The second-order valence-electron chi connectivity index (χ2n) is 3.83. The first-order chi connectivity index (χ1) is 9.44. The molecule has 20 heavy (non-hydrogen) atoms. The van der Waals surface area contributed by atoms with Gasteiger partial charge in [-0.25, -0.2) is 4.57 Å². The fourth-order valence-electron chi connectivity index (χ4n) is 1.52. The Labute approximate surface area is 124 Å². The van der Waals surface area contributed by atoms with Crippen molar-refractivity contribution in [3.63, 3.8) is 0 Å². The smallest absolute Gasteiger partial charge is 0.475 e. The monoisotopic (exact) mass is 338 g/mol. The molecule has 6 nitrogen and oxygen atoms in total. The van der Waals surface area contributed by atoms with Crippen molar-refractivity contribution in [2.24, 2.45) is 0 Å². The van der Waals surface area contributed by atoms with Gasteiger partial charge in [0.05, 0.1) is 0 Å². The van der Waals surface area contributed by atoms with Gasteiger partial charge in [-0.15, -0.1) is 12.8 Å². The zero-order valence-corrected chi connectivity index (χ0v) is 13.4. The van der Waals surface area contributed by atoms with Crippen LogP contribution in [-0.4, -0.2) is 51.4 Å². The normalized spacial score (nSPS) is 32.2. The van der Waals surface area contributed by atoms with Gasteiger partial charge in [-0.3, -0.25) is 13.6 Å². The first kappa shape index (κ1) is 17.9. The number of terminal acetylenes is 2. The molecule has 0 N–H and O–H groups in total. The molecule has 1 saturated heterocycles. The summed E-state index contributed by atoms with van der Waals surface area (Å²) in [5.74, 6) is 4.72. The highest BCUT2D eigenvalue weighted by molar-refractivity contribution is 7.92. The molecule has 1 fully saturated rings. The van der Waals surface area contributed by atoms with Crippen LogP contribution in [0.1, 0.15) is 0 Å². The molecule has 4 unspecified atom stereocenters. The second kappa shape index (κ2) is 8.33. The predicted octanol–water partition coefficient (Wildman–Crippen LogP) is 0.289. The molecular weight excluding hydrogens is 323 g/mol. The van der Waals surface area contributed by atoms with Gasteiger partial charge < -0.3 is 9.11 Å². The Hall–Kier alpha value is -0.150. The molecule has 1 rings (SSSR count). The Morgan fingerprint density at radius 2 is 1.55 bits per heavy atom. The molecule has 112 valence electrons. The van der Waals surface area contributed by atoms with Crippen molar-refractivity contribution in [1.29, 1.82) is 0 Å². The van der Waals surface area contributed by atoms with Gasteiger partial charge in [-0.1, -0.05) is 11.8 Å². The topological polar surface area (TPSA) is 90.9 Å². The summed E-state index contributed by atoms with van der Waals surface area (Å²) in [6.45, 7) is 0. The van der Waals surface area contributed by atoms with Crippen LogP contribution in [-0.2, 0) is 40.5 Å². The Morgan fingerprint density at radius 1 is 1.15 bits per heavy atom. The van der Waals surface area contributed by atoms with Gasteiger partial charge >= 0.3 is 7.82 Å². The van der Waals surface area contributed by atoms with Crippen molar-refractivity contribution in [2.45, 2.75) is 12.2 Å². The molecular formula is C11H15O6PS2. The minimum absolute atomic E-state index is 0.0372. The van der Waals surface area contributed by atoms with Crippen LogP contribution in [0.15, 0.2) is 0 Å². The van der Waals surface area contributed by atoms with Gasteiger partial charge in [0.15, 0.2) is 11.5 Å². The summed E-state index contributed by atoms with van der Waals surface area (Å²) in [5.41, 5.74) is 0. The quantitative estimate of drug-likeness (QED) is 0.376. The number of phosphoric acid groups is 1. The maximum absolute atomic E-state index is 11.9. The molecule has 4 atom stereocenters. The summed E-state index contributed by atoms with van der Waals surface area (Å²) in [7, 11) is -2.51. The van der Waals surface area contributed by atoms with Gasteiger partial charge in [0, 0.05) is 7.11 Å². The summed E-state index contributed by atoms with van der Waals surface area (Å²) in [5, 5.41) is 0. The number of phosphoric ester groups is 1. The van der Waals surface area contributed by atoms with Crippen molar-refractivity contribution in [1.82, 2.24) is 0 Å². The molecule has 0 amide bonds. The Bertz CT molecular complexity index is 409. The van der Waals surface area contributed by atoms with Crippen LogP contribution in [0.2, 0.25) is 0 Å². The predicted molar refractivity (Wildman–Crippen MR) is 77.8 cm³/mol. The van der Waals surface area contributed by atoms with E-state index in [1.807, 2.05) is 0 Å². The molecule has 9 heteroatoms. The van der Waals surface area contributed by atoms with E-state index >= 15 is 0 Å². The van der Waals surface area contributed by atoms with Crippen molar-refractivity contribution in [2.75, 3.05) is 30.1 Å². The van der Waals surface area contributed by atoms with Crippen molar-refractivity contribution in [3.8, 4) is 24.7 Å². The van der Waals surface area contributed by atoms with E-state index in [0.29, 0.717) is 0 Å². The van der Waals surface area contributed by atoms with Gasteiger partial charge in [-0.05, 0) is 22.4 Å². The van der Waals surface area contributed by atoms with E-state index in [0.717, 1.165) is 0 Å². The van der Waals surface area contributed by atoms with Crippen LogP contribution >= 0.6 is 7.82 Å². The average molecular weight is 338 g/mol. The fourth-order valence-corrected chi connectivity index (χ4v) is 4.94. The maximum atomic E-state index is 11.9. The minimum Gasteiger partial charge on any atom is -0.616 e. The molecule has 0 radical (unpaired) electrons. The standard InChI is InChI=1S/C11H15O6PS2/c1-4-6-19(13)8-10-11(9-20(14)7-5-2)17-18(12,15-3)16-10/h1-2,10-11H,6-9H2,3H3. The third-order valence-electron chi connectivity index (χ3n) is 2.36. The largest absolute Gasteiger partial charge is 0.616 e. The molecule has 0 aromatic carbocycles. The lowest BCUT2D eigenvalue weighted by molar-refractivity contribution is 0.191. The lowest BCUT2D eigenvalue weighted by Gasteiger charge is -2.17. The zero-order chi connectivity index (χ0) is 15.2. The lowest BCUT2D eigenvalue weighted by Crippen LogP contribution is -2.36. The summed E-state index contributed by atoms with van der Waals surface area (Å²) < 4.78 is 50.3. The van der Waals surface area contributed by atoms with E-state index in [4.69, 9.17) is 21.9 Å². The van der Waals surface area contributed by atoms with Crippen LogP contribution < -0.4 is 0 Å². The second-order valence-corrected chi connectivity index (χ2v) is 8.51. The molecule has 0 spiro atoms. The Balaban J connectivity index is 2.69. The molecule has 0 bridgehead atoms. The summed E-state index contributed by atoms with van der Waals surface area (Å²) >= 11 is -2.68. The van der Waals surface area contributed by atoms with E-state index in [1.54, 1.807) is 0 Å². The van der Waals surface area contributed by atoms with E-state index in [-0.39, 0.29) is 23.0 Å². The lowest BCUT2D eigenvalue weighted by atomic mass is 10.3. The number of rotatable bonds is 7. The highest BCUT2D eigenvalue weighted by atomic mass is 32.2. The number of hydrogen-bond donors (Lipinski definition) is 0. The zero-order valence-electron chi connectivity index (χ0n) is 10.9. The van der Waals surface area contributed by atoms with Gasteiger partial charge in [0.25, 0.3) is 0 Å². The first-order valence-corrected chi connectivity index (χ1v) is 9.97. The molecule has 1 heterocycles. The van der Waals surface area contributed by atoms with Crippen LogP contribution in [0, 0.1) is 24.7 Å². The fraction of sp³-hybridized carbons (Fsp3) is 0.636. The summed E-state index contributed by atoms with van der Waals surface area (Å²) in [6.07, 6.45) is 8.64. The molecule has 0 aromatic heterocycles. The van der Waals surface area contributed by atoms with E-state index in [9.17, 15) is 13.7 Å². The Morgan fingerprint density at radius 3 is 1.85 bits per heavy atom. The minimum atomic E-state index is -3.69. The van der Waals surface area contributed by atoms with Crippen LogP contribution in [0.25, 0.3) is 0 Å². The highest BCUT2D eigenvalue weighted by Crippen LogP contribution is 2.57. The highest BCUT2D eigenvalue weighted by Gasteiger charge is 2.49. The van der Waals surface area contributed by atoms with Gasteiger partial charge in [-0.2, -0.15) is 0 Å². The van der Waals surface area contributed by atoms with Crippen molar-refractivity contribution >= 4 is 30.2 Å². The average Bonchev–Trinajstić information content (AvgIpc) is 2.67. The van der Waals surface area contributed by atoms with Crippen LogP contribution in [0.5, 0.6) is 0 Å². The summed E-state index contributed by atoms with van der Waals surface area (Å²) in [4.78, 5) is 0. The van der Waals surface area contributed by atoms with Crippen molar-refractivity contribution in [3.05, 3.63) is 0 Å².